The molecule has 1 amide bonds. The van der Waals surface area contributed by atoms with E-state index < -0.39 is 28.0 Å². The van der Waals surface area contributed by atoms with Crippen molar-refractivity contribution in [1.29, 1.82) is 5.26 Å². The molecule has 9 nitrogen and oxygen atoms in total. The van der Waals surface area contributed by atoms with E-state index in [2.05, 4.69) is 5.18 Å². The third kappa shape index (κ3) is 3.88. The van der Waals surface area contributed by atoms with Crippen LogP contribution in [0.2, 0.25) is 0 Å². The van der Waals surface area contributed by atoms with Crippen LogP contribution >= 0.6 is 0 Å². The van der Waals surface area contributed by atoms with Gasteiger partial charge in [-0.2, -0.15) is 5.26 Å². The van der Waals surface area contributed by atoms with Crippen LogP contribution in [0.15, 0.2) is 22.9 Å². The molecule has 1 N–H and O–H groups in total. The van der Waals surface area contributed by atoms with Gasteiger partial charge in [-0.05, 0) is 36.7 Å². The first-order valence-electron chi connectivity index (χ1n) is 6.65. The van der Waals surface area contributed by atoms with Crippen LogP contribution in [-0.4, -0.2) is 33.9 Å². The van der Waals surface area contributed by atoms with Crippen molar-refractivity contribution >= 4 is 23.4 Å². The minimum Gasteiger partial charge on any atom is -0.501 e. The lowest BCUT2D eigenvalue weighted by Gasteiger charge is -2.17. The maximum Gasteiger partial charge on any atom is 0.313 e. The Kier molecular flexibility index (Phi) is 5.91. The Morgan fingerprint density at radius 2 is 2.09 bits per heavy atom. The largest absolute Gasteiger partial charge is 0.501 e. The summed E-state index contributed by atoms with van der Waals surface area (Å²) in [4.78, 5) is 34.2. The summed E-state index contributed by atoms with van der Waals surface area (Å²) in [6, 6.07) is 3.74. The van der Waals surface area contributed by atoms with Crippen molar-refractivity contribution in [2.24, 2.45) is 5.18 Å². The van der Waals surface area contributed by atoms with E-state index in [-0.39, 0.29) is 11.1 Å². The van der Waals surface area contributed by atoms with E-state index in [0.29, 0.717) is 13.1 Å². The zero-order valence-corrected chi connectivity index (χ0v) is 12.5. The lowest BCUT2D eigenvalue weighted by Crippen LogP contribution is -2.31. The van der Waals surface area contributed by atoms with Gasteiger partial charge in [-0.1, -0.05) is 0 Å². The van der Waals surface area contributed by atoms with E-state index in [1.165, 1.54) is 4.90 Å². The van der Waals surface area contributed by atoms with E-state index in [9.17, 15) is 24.9 Å². The maximum atomic E-state index is 12.1. The standard InChI is InChI=1S/C14H14N4O5/c1-3-17(4-2)14(20)10(8-15)5-9-6-11(16-21)13(19)12(7-9)18(22)23/h5-7,19H,3-4H2,1-2H3/b10-5+. The molecule has 9 heteroatoms. The topological polar surface area (TPSA) is 137 Å². The van der Waals surface area contributed by atoms with Gasteiger partial charge in [0.15, 0.2) is 5.69 Å². The highest BCUT2D eigenvalue weighted by molar-refractivity contribution is 6.01. The number of phenolic OH excluding ortho intramolecular Hbond substituents is 1. The number of nitriles is 1. The minimum absolute atomic E-state index is 0.0427. The molecular weight excluding hydrogens is 304 g/mol. The second kappa shape index (κ2) is 7.65. The number of nitro groups is 1. The highest BCUT2D eigenvalue weighted by atomic mass is 16.6. The molecule has 23 heavy (non-hydrogen) atoms. The van der Waals surface area contributed by atoms with Gasteiger partial charge in [0, 0.05) is 19.2 Å². The fourth-order valence-electron chi connectivity index (χ4n) is 1.91. The summed E-state index contributed by atoms with van der Waals surface area (Å²) in [6.07, 6.45) is 1.11. The van der Waals surface area contributed by atoms with Gasteiger partial charge in [0.2, 0.25) is 5.75 Å². The number of aromatic hydroxyl groups is 1. The fourth-order valence-corrected chi connectivity index (χ4v) is 1.91. The van der Waals surface area contributed by atoms with Crippen LogP contribution in [0.3, 0.4) is 0 Å². The highest BCUT2D eigenvalue weighted by Gasteiger charge is 2.21. The molecule has 120 valence electrons. The molecule has 1 aromatic carbocycles. The summed E-state index contributed by atoms with van der Waals surface area (Å²) >= 11 is 0. The van der Waals surface area contributed by atoms with Crippen LogP contribution in [0.5, 0.6) is 5.75 Å². The van der Waals surface area contributed by atoms with Crippen molar-refractivity contribution in [2.75, 3.05) is 13.1 Å². The number of hydrogen-bond donors (Lipinski definition) is 1. The second-order valence-corrected chi connectivity index (χ2v) is 4.40. The molecule has 1 rings (SSSR count). The molecule has 0 fully saturated rings. The molecule has 0 spiro atoms. The number of rotatable bonds is 6. The summed E-state index contributed by atoms with van der Waals surface area (Å²) < 4.78 is 0. The molecule has 0 aliphatic heterocycles. The Morgan fingerprint density at radius 3 is 2.52 bits per heavy atom. The molecule has 0 aliphatic rings. The van der Waals surface area contributed by atoms with Gasteiger partial charge in [0.05, 0.1) is 4.92 Å². The minimum atomic E-state index is -0.889. The number of carbonyl (C=O) groups excluding carboxylic acids is 1. The molecule has 1 aromatic rings. The zero-order chi connectivity index (χ0) is 17.6. The number of phenols is 1. The molecule has 0 saturated heterocycles. The van der Waals surface area contributed by atoms with Crippen molar-refractivity contribution in [3.05, 3.63) is 38.3 Å². The molecule has 0 aliphatic carbocycles. The van der Waals surface area contributed by atoms with Crippen LogP contribution in [0.25, 0.3) is 6.08 Å². The molecule has 0 saturated carbocycles. The van der Waals surface area contributed by atoms with Gasteiger partial charge in [-0.15, -0.1) is 4.91 Å². The molecule has 0 heterocycles. The van der Waals surface area contributed by atoms with Crippen molar-refractivity contribution < 1.29 is 14.8 Å². The molecule has 0 radical (unpaired) electrons. The van der Waals surface area contributed by atoms with Crippen molar-refractivity contribution in [3.63, 3.8) is 0 Å². The number of nitrogens with zero attached hydrogens (tertiary/aromatic N) is 4. The summed E-state index contributed by atoms with van der Waals surface area (Å²) in [5.74, 6) is -1.40. The number of likely N-dealkylation sites (N-methyl/N-ethyl adjacent to an activating group) is 1. The van der Waals surface area contributed by atoms with Crippen LogP contribution < -0.4 is 0 Å². The fraction of sp³-hybridized carbons (Fsp3) is 0.286. The number of amides is 1. The average molecular weight is 318 g/mol. The third-order valence-corrected chi connectivity index (χ3v) is 3.10. The Labute approximate surface area is 131 Å². The summed E-state index contributed by atoms with van der Waals surface area (Å²) in [6.45, 7) is 4.28. The van der Waals surface area contributed by atoms with Crippen molar-refractivity contribution in [1.82, 2.24) is 4.90 Å². The van der Waals surface area contributed by atoms with Gasteiger partial charge in [0.1, 0.15) is 11.6 Å². The summed E-state index contributed by atoms with van der Waals surface area (Å²) in [7, 11) is 0. The first-order chi connectivity index (χ1) is 10.9. The number of benzene rings is 1. The normalized spacial score (nSPS) is 10.7. The number of nitro benzene ring substituents is 1. The van der Waals surface area contributed by atoms with Gasteiger partial charge < -0.3 is 10.0 Å². The van der Waals surface area contributed by atoms with E-state index >= 15 is 0 Å². The Morgan fingerprint density at radius 1 is 1.48 bits per heavy atom. The molecule has 0 bridgehead atoms. The van der Waals surface area contributed by atoms with Gasteiger partial charge >= 0.3 is 5.69 Å². The smallest absolute Gasteiger partial charge is 0.313 e. The van der Waals surface area contributed by atoms with E-state index in [1.54, 1.807) is 19.9 Å². The van der Waals surface area contributed by atoms with Crippen LogP contribution in [0, 0.1) is 26.4 Å². The SMILES string of the molecule is CCN(CC)C(=O)/C(C#N)=C/c1cc(N=O)c(O)c([N+](=O)[O-])c1. The molecule has 0 atom stereocenters. The average Bonchev–Trinajstić information content (AvgIpc) is 2.54. The second-order valence-electron chi connectivity index (χ2n) is 4.40. The zero-order valence-electron chi connectivity index (χ0n) is 12.5. The Bertz CT molecular complexity index is 717. The molecule has 0 unspecified atom stereocenters. The molecular formula is C14H14N4O5. The Hall–Kier alpha value is -3.28. The number of carbonyl (C=O) groups is 1. The van der Waals surface area contributed by atoms with Gasteiger partial charge in [-0.3, -0.25) is 14.9 Å². The predicted octanol–water partition coefficient (Wildman–Crippen LogP) is 2.47. The summed E-state index contributed by atoms with van der Waals surface area (Å²) in [5, 5.41) is 32.1. The van der Waals surface area contributed by atoms with Gasteiger partial charge in [0.25, 0.3) is 5.91 Å². The highest BCUT2D eigenvalue weighted by Crippen LogP contribution is 2.37. The number of nitroso groups, excluding NO2 is 1. The Balaban J connectivity index is 3.42. The van der Waals surface area contributed by atoms with E-state index in [0.717, 1.165) is 18.2 Å². The predicted molar refractivity (Wildman–Crippen MR) is 81.7 cm³/mol. The molecule has 0 aromatic heterocycles. The van der Waals surface area contributed by atoms with Crippen molar-refractivity contribution in [2.45, 2.75) is 13.8 Å². The van der Waals surface area contributed by atoms with Crippen LogP contribution in [0.1, 0.15) is 19.4 Å². The van der Waals surface area contributed by atoms with Gasteiger partial charge in [-0.25, -0.2) is 0 Å². The number of hydrogen-bond acceptors (Lipinski definition) is 7. The maximum absolute atomic E-state index is 12.1. The first-order valence-corrected chi connectivity index (χ1v) is 6.65. The lowest BCUT2D eigenvalue weighted by atomic mass is 10.1. The first kappa shape index (κ1) is 17.8. The summed E-state index contributed by atoms with van der Waals surface area (Å²) in [5.41, 5.74) is -1.48. The van der Waals surface area contributed by atoms with Crippen LogP contribution in [-0.2, 0) is 4.79 Å². The van der Waals surface area contributed by atoms with E-state index in [1.807, 2.05) is 0 Å². The lowest BCUT2D eigenvalue weighted by molar-refractivity contribution is -0.385. The third-order valence-electron chi connectivity index (χ3n) is 3.10. The van der Waals surface area contributed by atoms with E-state index in [4.69, 9.17) is 5.26 Å². The quantitative estimate of drug-likeness (QED) is 0.281. The monoisotopic (exact) mass is 318 g/mol. The van der Waals surface area contributed by atoms with Crippen molar-refractivity contribution in [3.8, 4) is 11.8 Å². The van der Waals surface area contributed by atoms with Crippen LogP contribution in [0.4, 0.5) is 11.4 Å².